The van der Waals surface area contributed by atoms with Crippen LogP contribution < -0.4 is 10.1 Å². The molecule has 0 heterocycles. The molecule has 2 nitrogen and oxygen atoms in total. The van der Waals surface area contributed by atoms with Crippen molar-refractivity contribution in [2.24, 2.45) is 0 Å². The van der Waals surface area contributed by atoms with Gasteiger partial charge in [0.1, 0.15) is 11.4 Å². The molecule has 0 aromatic heterocycles. The zero-order valence-electron chi connectivity index (χ0n) is 10.1. The molecule has 1 aromatic rings. The van der Waals surface area contributed by atoms with E-state index in [-0.39, 0.29) is 5.60 Å². The van der Waals surface area contributed by atoms with Crippen LogP contribution in [-0.4, -0.2) is 12.1 Å². The lowest BCUT2D eigenvalue weighted by molar-refractivity contribution is 0.131. The van der Waals surface area contributed by atoms with Crippen molar-refractivity contribution in [3.63, 3.8) is 0 Å². The van der Waals surface area contributed by atoms with Gasteiger partial charge in [0.2, 0.25) is 0 Å². The molecule has 0 aliphatic rings. The molecule has 0 atom stereocenters. The van der Waals surface area contributed by atoms with Gasteiger partial charge in [-0.05, 0) is 45.0 Å². The maximum Gasteiger partial charge on any atom is 0.120 e. The van der Waals surface area contributed by atoms with Crippen LogP contribution in [0.15, 0.2) is 24.3 Å². The minimum atomic E-state index is -0.122. The molecule has 0 spiro atoms. The normalized spacial score (nSPS) is 11.5. The number of benzene rings is 1. The minimum absolute atomic E-state index is 0.122. The SMILES string of the molecule is CCNCc1ccc(OC(C)(C)C)cc1. The van der Waals surface area contributed by atoms with Gasteiger partial charge in [0.25, 0.3) is 0 Å². The van der Waals surface area contributed by atoms with E-state index in [0.29, 0.717) is 0 Å². The third-order valence-electron chi connectivity index (χ3n) is 1.93. The molecule has 1 N–H and O–H groups in total. The zero-order valence-corrected chi connectivity index (χ0v) is 10.1. The first-order valence-corrected chi connectivity index (χ1v) is 5.50. The fourth-order valence-electron chi connectivity index (χ4n) is 1.30. The van der Waals surface area contributed by atoms with E-state index in [1.165, 1.54) is 5.56 Å². The Morgan fingerprint density at radius 3 is 2.20 bits per heavy atom. The van der Waals surface area contributed by atoms with Crippen molar-refractivity contribution in [2.75, 3.05) is 6.54 Å². The average Bonchev–Trinajstić information content (AvgIpc) is 2.14. The molecule has 0 fully saturated rings. The van der Waals surface area contributed by atoms with Crippen LogP contribution in [0.4, 0.5) is 0 Å². The molecule has 0 aliphatic heterocycles. The van der Waals surface area contributed by atoms with Gasteiger partial charge in [-0.15, -0.1) is 0 Å². The second-order valence-electron chi connectivity index (χ2n) is 4.64. The lowest BCUT2D eigenvalue weighted by Gasteiger charge is -2.21. The highest BCUT2D eigenvalue weighted by Crippen LogP contribution is 2.18. The molecule has 0 bridgehead atoms. The summed E-state index contributed by atoms with van der Waals surface area (Å²) >= 11 is 0. The number of nitrogens with one attached hydrogen (secondary N) is 1. The van der Waals surface area contributed by atoms with E-state index >= 15 is 0 Å². The van der Waals surface area contributed by atoms with E-state index in [9.17, 15) is 0 Å². The minimum Gasteiger partial charge on any atom is -0.488 e. The van der Waals surface area contributed by atoms with Crippen LogP contribution in [0.25, 0.3) is 0 Å². The van der Waals surface area contributed by atoms with Crippen LogP contribution in [0, 0.1) is 0 Å². The van der Waals surface area contributed by atoms with Gasteiger partial charge in [0.05, 0.1) is 0 Å². The second-order valence-corrected chi connectivity index (χ2v) is 4.64. The van der Waals surface area contributed by atoms with Crippen molar-refractivity contribution in [3.8, 4) is 5.75 Å². The molecule has 0 saturated carbocycles. The molecule has 1 rings (SSSR count). The summed E-state index contributed by atoms with van der Waals surface area (Å²) in [6, 6.07) is 8.25. The van der Waals surface area contributed by atoms with Crippen LogP contribution in [0.1, 0.15) is 33.3 Å². The quantitative estimate of drug-likeness (QED) is 0.819. The fourth-order valence-corrected chi connectivity index (χ4v) is 1.30. The fraction of sp³-hybridized carbons (Fsp3) is 0.538. The molecule has 0 aliphatic carbocycles. The third-order valence-corrected chi connectivity index (χ3v) is 1.93. The number of hydrogen-bond acceptors (Lipinski definition) is 2. The Balaban J connectivity index is 2.56. The lowest BCUT2D eigenvalue weighted by atomic mass is 10.1. The van der Waals surface area contributed by atoms with Crippen molar-refractivity contribution >= 4 is 0 Å². The van der Waals surface area contributed by atoms with E-state index in [0.717, 1.165) is 18.8 Å². The van der Waals surface area contributed by atoms with Crippen molar-refractivity contribution in [2.45, 2.75) is 39.8 Å². The summed E-state index contributed by atoms with van der Waals surface area (Å²) in [4.78, 5) is 0. The third kappa shape index (κ3) is 4.84. The van der Waals surface area contributed by atoms with Crippen molar-refractivity contribution < 1.29 is 4.74 Å². The molecule has 0 radical (unpaired) electrons. The van der Waals surface area contributed by atoms with E-state index < -0.39 is 0 Å². The highest BCUT2D eigenvalue weighted by Gasteiger charge is 2.10. The van der Waals surface area contributed by atoms with Crippen molar-refractivity contribution in [1.29, 1.82) is 0 Å². The second kappa shape index (κ2) is 5.17. The molecule has 84 valence electrons. The van der Waals surface area contributed by atoms with Crippen LogP contribution >= 0.6 is 0 Å². The lowest BCUT2D eigenvalue weighted by Crippen LogP contribution is -2.22. The maximum absolute atomic E-state index is 5.74. The number of ether oxygens (including phenoxy) is 1. The Kier molecular flexibility index (Phi) is 4.15. The Morgan fingerprint density at radius 1 is 1.13 bits per heavy atom. The van der Waals surface area contributed by atoms with E-state index in [2.05, 4.69) is 45.1 Å². The Bertz CT molecular complexity index is 284. The van der Waals surface area contributed by atoms with Gasteiger partial charge in [0, 0.05) is 6.54 Å². The number of hydrogen-bond donors (Lipinski definition) is 1. The largest absolute Gasteiger partial charge is 0.488 e. The van der Waals surface area contributed by atoms with Crippen molar-refractivity contribution in [3.05, 3.63) is 29.8 Å². The first-order valence-electron chi connectivity index (χ1n) is 5.50. The van der Waals surface area contributed by atoms with Crippen LogP contribution in [0.3, 0.4) is 0 Å². The van der Waals surface area contributed by atoms with Gasteiger partial charge in [-0.2, -0.15) is 0 Å². The van der Waals surface area contributed by atoms with Crippen LogP contribution in [0.2, 0.25) is 0 Å². The molecule has 0 amide bonds. The average molecular weight is 207 g/mol. The summed E-state index contributed by atoms with van der Waals surface area (Å²) in [5, 5.41) is 3.29. The summed E-state index contributed by atoms with van der Waals surface area (Å²) < 4.78 is 5.74. The molecular weight excluding hydrogens is 186 g/mol. The summed E-state index contributed by atoms with van der Waals surface area (Å²) in [6.07, 6.45) is 0. The summed E-state index contributed by atoms with van der Waals surface area (Å²) in [5.41, 5.74) is 1.17. The van der Waals surface area contributed by atoms with Gasteiger partial charge in [0.15, 0.2) is 0 Å². The Labute approximate surface area is 92.6 Å². The maximum atomic E-state index is 5.74. The summed E-state index contributed by atoms with van der Waals surface area (Å²) in [7, 11) is 0. The van der Waals surface area contributed by atoms with Crippen LogP contribution in [0.5, 0.6) is 5.75 Å². The van der Waals surface area contributed by atoms with Gasteiger partial charge < -0.3 is 10.1 Å². The van der Waals surface area contributed by atoms with Gasteiger partial charge in [-0.25, -0.2) is 0 Å². The molecule has 0 unspecified atom stereocenters. The molecule has 15 heavy (non-hydrogen) atoms. The first kappa shape index (κ1) is 12.1. The highest BCUT2D eigenvalue weighted by atomic mass is 16.5. The van der Waals surface area contributed by atoms with Gasteiger partial charge in [-0.3, -0.25) is 0 Å². The Morgan fingerprint density at radius 2 is 1.73 bits per heavy atom. The van der Waals surface area contributed by atoms with E-state index in [1.807, 2.05) is 12.1 Å². The van der Waals surface area contributed by atoms with Gasteiger partial charge in [-0.1, -0.05) is 19.1 Å². The van der Waals surface area contributed by atoms with Crippen LogP contribution in [-0.2, 0) is 6.54 Å². The molecular formula is C13H21NO. The topological polar surface area (TPSA) is 21.3 Å². The predicted molar refractivity (Wildman–Crippen MR) is 64.2 cm³/mol. The molecule has 1 aromatic carbocycles. The van der Waals surface area contributed by atoms with Gasteiger partial charge >= 0.3 is 0 Å². The first-order chi connectivity index (χ1) is 7.01. The summed E-state index contributed by atoms with van der Waals surface area (Å²) in [5.74, 6) is 0.933. The van der Waals surface area contributed by atoms with E-state index in [4.69, 9.17) is 4.74 Å². The van der Waals surface area contributed by atoms with E-state index in [1.54, 1.807) is 0 Å². The highest BCUT2D eigenvalue weighted by molar-refractivity contribution is 5.27. The summed E-state index contributed by atoms with van der Waals surface area (Å²) in [6.45, 7) is 10.2. The molecule has 0 saturated heterocycles. The smallest absolute Gasteiger partial charge is 0.120 e. The Hall–Kier alpha value is -1.02. The van der Waals surface area contributed by atoms with Crippen molar-refractivity contribution in [1.82, 2.24) is 5.32 Å². The predicted octanol–water partition coefficient (Wildman–Crippen LogP) is 2.97. The number of rotatable bonds is 4. The monoisotopic (exact) mass is 207 g/mol. The standard InChI is InChI=1S/C13H21NO/c1-5-14-10-11-6-8-12(9-7-11)15-13(2,3)4/h6-9,14H,5,10H2,1-4H3. The molecule has 2 heteroatoms. The zero-order chi connectivity index (χ0) is 11.3.